The van der Waals surface area contributed by atoms with Crippen LogP contribution in [0.25, 0.3) is 0 Å². The first-order valence-corrected chi connectivity index (χ1v) is 10.6. The average molecular weight is 484 g/mol. The van der Waals surface area contributed by atoms with E-state index in [1.807, 2.05) is 0 Å². The highest BCUT2D eigenvalue weighted by atomic mass is 79.9. The fourth-order valence-electron chi connectivity index (χ4n) is 2.34. The van der Waals surface area contributed by atoms with Crippen molar-refractivity contribution in [3.05, 3.63) is 87.6 Å². The summed E-state index contributed by atoms with van der Waals surface area (Å²) in [5, 5.41) is 2.76. The quantitative estimate of drug-likeness (QED) is 0.517. The third kappa shape index (κ3) is 4.70. The maximum atomic E-state index is 14.4. The zero-order valence-electron chi connectivity index (χ0n) is 14.1. The van der Waals surface area contributed by atoms with Gasteiger partial charge in [-0.15, -0.1) is 0 Å². The summed E-state index contributed by atoms with van der Waals surface area (Å²) in [6.07, 6.45) is 0. The number of halogens is 3. The van der Waals surface area contributed by atoms with Gasteiger partial charge in [-0.25, -0.2) is 12.8 Å². The van der Waals surface area contributed by atoms with Crippen LogP contribution in [0.1, 0.15) is 10.4 Å². The van der Waals surface area contributed by atoms with Gasteiger partial charge in [0.15, 0.2) is 0 Å². The van der Waals surface area contributed by atoms with Crippen molar-refractivity contribution in [2.45, 2.75) is 4.90 Å². The molecule has 3 aromatic rings. The van der Waals surface area contributed by atoms with Gasteiger partial charge in [-0.1, -0.05) is 29.8 Å². The molecule has 28 heavy (non-hydrogen) atoms. The van der Waals surface area contributed by atoms with Gasteiger partial charge >= 0.3 is 0 Å². The number of amides is 1. The SMILES string of the molecule is O=C(Nc1ccc(S(=O)(=O)Nc2ccccc2Br)cc1F)c1cccc(Cl)c1. The molecular weight excluding hydrogens is 471 g/mol. The van der Waals surface area contributed by atoms with E-state index in [0.717, 1.165) is 6.07 Å². The number of hydrogen-bond acceptors (Lipinski definition) is 3. The van der Waals surface area contributed by atoms with Crippen molar-refractivity contribution in [3.63, 3.8) is 0 Å². The molecule has 144 valence electrons. The minimum Gasteiger partial charge on any atom is -0.319 e. The zero-order valence-corrected chi connectivity index (χ0v) is 17.3. The number of nitrogens with one attached hydrogen (secondary N) is 2. The van der Waals surface area contributed by atoms with Crippen LogP contribution in [0.2, 0.25) is 5.02 Å². The molecule has 0 heterocycles. The van der Waals surface area contributed by atoms with Gasteiger partial charge in [0.1, 0.15) is 5.82 Å². The van der Waals surface area contributed by atoms with Crippen LogP contribution < -0.4 is 10.0 Å². The number of hydrogen-bond donors (Lipinski definition) is 2. The van der Waals surface area contributed by atoms with E-state index in [1.165, 1.54) is 24.3 Å². The lowest BCUT2D eigenvalue weighted by molar-refractivity contribution is 0.102. The second-order valence-corrected chi connectivity index (χ2v) is 8.66. The van der Waals surface area contributed by atoms with E-state index in [9.17, 15) is 17.6 Å². The number of sulfonamides is 1. The Kier molecular flexibility index (Phi) is 6.02. The van der Waals surface area contributed by atoms with Crippen LogP contribution in [0.3, 0.4) is 0 Å². The van der Waals surface area contributed by atoms with E-state index in [2.05, 4.69) is 26.0 Å². The lowest BCUT2D eigenvalue weighted by Crippen LogP contribution is -2.15. The molecule has 0 saturated carbocycles. The molecule has 0 unspecified atom stereocenters. The van der Waals surface area contributed by atoms with E-state index >= 15 is 0 Å². The van der Waals surface area contributed by atoms with Crippen LogP contribution in [0.15, 0.2) is 76.1 Å². The van der Waals surface area contributed by atoms with Gasteiger partial charge in [0.25, 0.3) is 15.9 Å². The van der Waals surface area contributed by atoms with Crippen LogP contribution in [0.4, 0.5) is 15.8 Å². The molecule has 3 rings (SSSR count). The first-order valence-electron chi connectivity index (χ1n) is 7.90. The predicted octanol–water partition coefficient (Wildman–Crippen LogP) is 5.29. The first-order chi connectivity index (χ1) is 13.3. The fourth-order valence-corrected chi connectivity index (χ4v) is 4.13. The smallest absolute Gasteiger partial charge is 0.262 e. The van der Waals surface area contributed by atoms with Crippen molar-refractivity contribution in [2.24, 2.45) is 0 Å². The molecule has 0 aromatic heterocycles. The summed E-state index contributed by atoms with van der Waals surface area (Å²) in [4.78, 5) is 11.9. The van der Waals surface area contributed by atoms with Gasteiger partial charge in [0.2, 0.25) is 0 Å². The van der Waals surface area contributed by atoms with Crippen molar-refractivity contribution < 1.29 is 17.6 Å². The minimum absolute atomic E-state index is 0.148. The molecule has 0 saturated heterocycles. The van der Waals surface area contributed by atoms with E-state index < -0.39 is 21.7 Å². The van der Waals surface area contributed by atoms with Crippen molar-refractivity contribution in [1.82, 2.24) is 0 Å². The van der Waals surface area contributed by atoms with Gasteiger partial charge < -0.3 is 5.32 Å². The van der Waals surface area contributed by atoms with Gasteiger partial charge in [-0.2, -0.15) is 0 Å². The molecule has 0 radical (unpaired) electrons. The van der Waals surface area contributed by atoms with Crippen molar-refractivity contribution >= 4 is 54.8 Å². The molecule has 0 spiro atoms. The highest BCUT2D eigenvalue weighted by Crippen LogP contribution is 2.26. The third-order valence-electron chi connectivity index (χ3n) is 3.70. The Morgan fingerprint density at radius 3 is 2.39 bits per heavy atom. The molecule has 0 fully saturated rings. The Hall–Kier alpha value is -2.42. The van der Waals surface area contributed by atoms with Crippen molar-refractivity contribution in [2.75, 3.05) is 10.0 Å². The van der Waals surface area contributed by atoms with Gasteiger partial charge in [0.05, 0.1) is 16.3 Å². The monoisotopic (exact) mass is 482 g/mol. The van der Waals surface area contributed by atoms with Crippen LogP contribution in [0, 0.1) is 5.82 Å². The predicted molar refractivity (Wildman–Crippen MR) is 111 cm³/mol. The van der Waals surface area contributed by atoms with E-state index in [4.69, 9.17) is 11.6 Å². The highest BCUT2D eigenvalue weighted by molar-refractivity contribution is 9.10. The standard InChI is InChI=1S/C19H13BrClFN2O3S/c20-15-6-1-2-7-17(15)24-28(26,27)14-8-9-18(16(22)11-14)23-19(25)12-4-3-5-13(21)10-12/h1-11,24H,(H,23,25). The third-order valence-corrected chi connectivity index (χ3v) is 5.99. The summed E-state index contributed by atoms with van der Waals surface area (Å²) >= 11 is 9.08. The molecule has 0 aliphatic heterocycles. The first kappa shape index (κ1) is 20.3. The zero-order chi connectivity index (χ0) is 20.3. The number of rotatable bonds is 5. The Morgan fingerprint density at radius 2 is 1.71 bits per heavy atom. The van der Waals surface area contributed by atoms with Crippen molar-refractivity contribution in [1.29, 1.82) is 0 Å². The number of para-hydroxylation sites is 1. The second kappa shape index (κ2) is 8.30. The van der Waals surface area contributed by atoms with Crippen LogP contribution >= 0.6 is 27.5 Å². The maximum Gasteiger partial charge on any atom is 0.262 e. The Balaban J connectivity index is 1.82. The molecule has 0 bridgehead atoms. The summed E-state index contributed by atoms with van der Waals surface area (Å²) in [5.41, 5.74) is 0.422. The van der Waals surface area contributed by atoms with Crippen LogP contribution in [0.5, 0.6) is 0 Å². The summed E-state index contributed by atoms with van der Waals surface area (Å²) in [6.45, 7) is 0. The second-order valence-electron chi connectivity index (χ2n) is 5.69. The number of anilines is 2. The summed E-state index contributed by atoms with van der Waals surface area (Å²) in [7, 11) is -4.01. The molecule has 2 N–H and O–H groups in total. The summed E-state index contributed by atoms with van der Waals surface area (Å²) < 4.78 is 42.3. The minimum atomic E-state index is -4.01. The van der Waals surface area contributed by atoms with E-state index in [-0.39, 0.29) is 16.1 Å². The molecule has 3 aromatic carbocycles. The highest BCUT2D eigenvalue weighted by Gasteiger charge is 2.18. The molecule has 0 atom stereocenters. The normalized spacial score (nSPS) is 11.1. The van der Waals surface area contributed by atoms with Crippen LogP contribution in [-0.4, -0.2) is 14.3 Å². The maximum absolute atomic E-state index is 14.4. The lowest BCUT2D eigenvalue weighted by atomic mass is 10.2. The van der Waals surface area contributed by atoms with Gasteiger partial charge in [0, 0.05) is 15.1 Å². The van der Waals surface area contributed by atoms with Crippen molar-refractivity contribution in [3.8, 4) is 0 Å². The van der Waals surface area contributed by atoms with Gasteiger partial charge in [-0.3, -0.25) is 9.52 Å². The average Bonchev–Trinajstić information content (AvgIpc) is 2.65. The number of carbonyl (C=O) groups is 1. The number of benzene rings is 3. The van der Waals surface area contributed by atoms with E-state index in [0.29, 0.717) is 15.2 Å². The van der Waals surface area contributed by atoms with Gasteiger partial charge in [-0.05, 0) is 64.5 Å². The lowest BCUT2D eigenvalue weighted by Gasteiger charge is -2.11. The molecular formula is C19H13BrClFN2O3S. The largest absolute Gasteiger partial charge is 0.319 e. The Labute approximate surface area is 174 Å². The number of carbonyl (C=O) groups excluding carboxylic acids is 1. The Morgan fingerprint density at radius 1 is 0.964 bits per heavy atom. The summed E-state index contributed by atoms with van der Waals surface area (Å²) in [5.74, 6) is -1.45. The summed E-state index contributed by atoms with van der Waals surface area (Å²) in [6, 6.07) is 16.0. The van der Waals surface area contributed by atoms with Crippen LogP contribution in [-0.2, 0) is 10.0 Å². The fraction of sp³-hybridized carbons (Fsp3) is 0. The molecule has 0 aliphatic rings. The molecule has 1 amide bonds. The topological polar surface area (TPSA) is 75.3 Å². The Bertz CT molecular complexity index is 1160. The van der Waals surface area contributed by atoms with E-state index in [1.54, 1.807) is 36.4 Å². The molecule has 0 aliphatic carbocycles. The molecule has 5 nitrogen and oxygen atoms in total. The molecule has 9 heteroatoms.